The van der Waals surface area contributed by atoms with Crippen LogP contribution < -0.4 is 0 Å². The molecule has 2 unspecified atom stereocenters. The first-order valence-corrected chi connectivity index (χ1v) is 7.10. The highest BCUT2D eigenvalue weighted by Crippen LogP contribution is 2.26. The Hall–Kier alpha value is -1.19. The van der Waals surface area contributed by atoms with Crippen LogP contribution in [0.5, 0.6) is 0 Å². The summed E-state index contributed by atoms with van der Waals surface area (Å²) in [5, 5.41) is 0. The molecule has 2 fully saturated rings. The van der Waals surface area contributed by atoms with Gasteiger partial charge in [-0.05, 0) is 32.3 Å². The lowest BCUT2D eigenvalue weighted by atomic mass is 10.0. The first-order valence-electron chi connectivity index (χ1n) is 7.10. The number of fused-ring (bicyclic) bond motifs is 2. The number of likely N-dealkylation sites (tertiary alicyclic amines) is 1. The van der Waals surface area contributed by atoms with Crippen LogP contribution in [0.1, 0.15) is 34.3 Å². The molecule has 2 bridgehead atoms. The first-order chi connectivity index (χ1) is 9.11. The number of carbonyl (C=O) groups is 1. The lowest BCUT2D eigenvalue weighted by molar-refractivity contribution is -0.0355. The molecule has 1 aromatic carbocycles. The molecule has 3 heteroatoms. The fraction of sp³-hybridized carbons (Fsp3) is 0.562. The number of benzene rings is 1. The maximum absolute atomic E-state index is 12.4. The zero-order valence-corrected chi connectivity index (χ0v) is 11.7. The summed E-state index contributed by atoms with van der Waals surface area (Å²) in [4.78, 5) is 14.7. The monoisotopic (exact) mass is 259 g/mol. The standard InChI is InChI=1S/C16H21NO2/c1-11-3-6-15(12(2)7-11)16(18)10-17-8-13-4-5-14(9-17)19-13/h3,6-7,13-14H,4-5,8-10H2,1-2H3. The van der Waals surface area contributed by atoms with Gasteiger partial charge in [-0.15, -0.1) is 0 Å². The second kappa shape index (κ2) is 5.06. The number of hydrogen-bond donors (Lipinski definition) is 0. The Morgan fingerprint density at radius 1 is 1.26 bits per heavy atom. The third kappa shape index (κ3) is 2.72. The van der Waals surface area contributed by atoms with Gasteiger partial charge in [0.2, 0.25) is 0 Å². The maximum atomic E-state index is 12.4. The number of Topliss-reactive ketones (excluding diaryl/α,β-unsaturated/α-hetero) is 1. The Labute approximate surface area is 114 Å². The lowest BCUT2D eigenvalue weighted by Crippen LogP contribution is -2.44. The molecule has 0 N–H and O–H groups in total. The van der Waals surface area contributed by atoms with E-state index in [1.165, 1.54) is 5.56 Å². The van der Waals surface area contributed by atoms with Crippen molar-refractivity contribution >= 4 is 5.78 Å². The van der Waals surface area contributed by atoms with Gasteiger partial charge in [-0.3, -0.25) is 9.69 Å². The van der Waals surface area contributed by atoms with Crippen molar-refractivity contribution < 1.29 is 9.53 Å². The van der Waals surface area contributed by atoms with Gasteiger partial charge in [0.25, 0.3) is 0 Å². The molecule has 2 aliphatic heterocycles. The summed E-state index contributed by atoms with van der Waals surface area (Å²) < 4.78 is 5.80. The summed E-state index contributed by atoms with van der Waals surface area (Å²) in [6.45, 7) is 6.42. The summed E-state index contributed by atoms with van der Waals surface area (Å²) in [5.41, 5.74) is 3.16. The molecule has 0 aliphatic carbocycles. The molecule has 0 saturated carbocycles. The van der Waals surface area contributed by atoms with E-state index in [1.807, 2.05) is 19.1 Å². The number of rotatable bonds is 3. The third-order valence-electron chi connectivity index (χ3n) is 4.17. The van der Waals surface area contributed by atoms with Crippen molar-refractivity contribution in [2.24, 2.45) is 0 Å². The van der Waals surface area contributed by atoms with Crippen LogP contribution in [0.15, 0.2) is 18.2 Å². The molecule has 0 aromatic heterocycles. The van der Waals surface area contributed by atoms with Crippen LogP contribution in [-0.2, 0) is 4.74 Å². The fourth-order valence-corrected chi connectivity index (χ4v) is 3.24. The van der Waals surface area contributed by atoms with Gasteiger partial charge < -0.3 is 4.74 Å². The Morgan fingerprint density at radius 2 is 1.95 bits per heavy atom. The quantitative estimate of drug-likeness (QED) is 0.780. The van der Waals surface area contributed by atoms with E-state index in [0.29, 0.717) is 18.8 Å². The van der Waals surface area contributed by atoms with Gasteiger partial charge in [-0.1, -0.05) is 23.8 Å². The van der Waals surface area contributed by atoms with Crippen LogP contribution in [0.2, 0.25) is 0 Å². The molecular weight excluding hydrogens is 238 g/mol. The van der Waals surface area contributed by atoms with E-state index in [0.717, 1.165) is 37.1 Å². The average Bonchev–Trinajstić information content (AvgIpc) is 2.68. The molecule has 0 radical (unpaired) electrons. The average molecular weight is 259 g/mol. The molecule has 2 aliphatic rings. The summed E-state index contributed by atoms with van der Waals surface area (Å²) in [6.07, 6.45) is 3.01. The first kappa shape index (κ1) is 12.8. The van der Waals surface area contributed by atoms with Gasteiger partial charge in [-0.25, -0.2) is 0 Å². The van der Waals surface area contributed by atoms with Crippen molar-refractivity contribution in [3.63, 3.8) is 0 Å². The molecule has 3 rings (SSSR count). The van der Waals surface area contributed by atoms with Crippen LogP contribution >= 0.6 is 0 Å². The smallest absolute Gasteiger partial charge is 0.177 e. The van der Waals surface area contributed by atoms with E-state index in [-0.39, 0.29) is 5.78 Å². The van der Waals surface area contributed by atoms with Gasteiger partial charge in [0.1, 0.15) is 0 Å². The Bertz CT molecular complexity index is 486. The SMILES string of the molecule is Cc1ccc(C(=O)CN2CC3CCC(C2)O3)c(C)c1. The number of carbonyl (C=O) groups excluding carboxylic acids is 1. The lowest BCUT2D eigenvalue weighted by Gasteiger charge is -2.31. The van der Waals surface area contributed by atoms with Crippen LogP contribution in [0.3, 0.4) is 0 Å². The van der Waals surface area contributed by atoms with Crippen molar-refractivity contribution in [3.05, 3.63) is 34.9 Å². The predicted molar refractivity (Wildman–Crippen MR) is 74.6 cm³/mol. The predicted octanol–water partition coefficient (Wildman–Crippen LogP) is 2.35. The van der Waals surface area contributed by atoms with Crippen molar-refractivity contribution in [2.45, 2.75) is 38.9 Å². The molecule has 19 heavy (non-hydrogen) atoms. The zero-order chi connectivity index (χ0) is 13.4. The molecule has 2 atom stereocenters. The Morgan fingerprint density at radius 3 is 2.58 bits per heavy atom. The maximum Gasteiger partial charge on any atom is 0.177 e. The van der Waals surface area contributed by atoms with Crippen LogP contribution in [0.4, 0.5) is 0 Å². The molecule has 0 amide bonds. The molecule has 1 aromatic rings. The number of hydrogen-bond acceptors (Lipinski definition) is 3. The topological polar surface area (TPSA) is 29.5 Å². The van der Waals surface area contributed by atoms with Gasteiger partial charge in [0.15, 0.2) is 5.78 Å². The minimum absolute atomic E-state index is 0.235. The summed E-state index contributed by atoms with van der Waals surface area (Å²) in [6, 6.07) is 6.06. The minimum Gasteiger partial charge on any atom is -0.372 e. The largest absolute Gasteiger partial charge is 0.372 e. The number of morpholine rings is 1. The van der Waals surface area contributed by atoms with Crippen molar-refractivity contribution in [1.29, 1.82) is 0 Å². The van der Waals surface area contributed by atoms with E-state index in [9.17, 15) is 4.79 Å². The van der Waals surface area contributed by atoms with Gasteiger partial charge in [-0.2, -0.15) is 0 Å². The van der Waals surface area contributed by atoms with E-state index in [1.54, 1.807) is 0 Å². The number of ether oxygens (including phenoxy) is 1. The number of aryl methyl sites for hydroxylation is 2. The van der Waals surface area contributed by atoms with Crippen molar-refractivity contribution in [3.8, 4) is 0 Å². The third-order valence-corrected chi connectivity index (χ3v) is 4.17. The van der Waals surface area contributed by atoms with Crippen LogP contribution in [-0.4, -0.2) is 42.5 Å². The van der Waals surface area contributed by atoms with E-state index in [4.69, 9.17) is 4.74 Å². The molecule has 2 heterocycles. The minimum atomic E-state index is 0.235. The molecule has 3 nitrogen and oxygen atoms in total. The van der Waals surface area contributed by atoms with Gasteiger partial charge >= 0.3 is 0 Å². The summed E-state index contributed by atoms with van der Waals surface area (Å²) >= 11 is 0. The fourth-order valence-electron chi connectivity index (χ4n) is 3.24. The number of nitrogens with zero attached hydrogens (tertiary/aromatic N) is 1. The second-order valence-corrected chi connectivity index (χ2v) is 5.89. The normalized spacial score (nSPS) is 26.6. The molecular formula is C16H21NO2. The highest BCUT2D eigenvalue weighted by atomic mass is 16.5. The Balaban J connectivity index is 1.68. The number of ketones is 1. The summed E-state index contributed by atoms with van der Waals surface area (Å²) in [5.74, 6) is 0.235. The van der Waals surface area contributed by atoms with E-state index < -0.39 is 0 Å². The second-order valence-electron chi connectivity index (χ2n) is 5.89. The van der Waals surface area contributed by atoms with Crippen LogP contribution in [0, 0.1) is 13.8 Å². The highest BCUT2D eigenvalue weighted by molar-refractivity contribution is 5.99. The highest BCUT2D eigenvalue weighted by Gasteiger charge is 2.34. The zero-order valence-electron chi connectivity index (χ0n) is 11.7. The van der Waals surface area contributed by atoms with Crippen molar-refractivity contribution in [1.82, 2.24) is 4.90 Å². The molecule has 0 spiro atoms. The van der Waals surface area contributed by atoms with Crippen molar-refractivity contribution in [2.75, 3.05) is 19.6 Å². The van der Waals surface area contributed by atoms with Gasteiger partial charge in [0.05, 0.1) is 18.8 Å². The summed E-state index contributed by atoms with van der Waals surface area (Å²) in [7, 11) is 0. The van der Waals surface area contributed by atoms with Crippen LogP contribution in [0.25, 0.3) is 0 Å². The van der Waals surface area contributed by atoms with E-state index >= 15 is 0 Å². The molecule has 2 saturated heterocycles. The molecule has 102 valence electrons. The van der Waals surface area contributed by atoms with Gasteiger partial charge in [0, 0.05) is 18.7 Å². The Kier molecular flexibility index (Phi) is 3.42. The van der Waals surface area contributed by atoms with E-state index in [2.05, 4.69) is 17.9 Å².